The van der Waals surface area contributed by atoms with E-state index < -0.39 is 0 Å². The molecule has 1 heterocycles. The van der Waals surface area contributed by atoms with Crippen molar-refractivity contribution in [2.45, 2.75) is 6.92 Å². The van der Waals surface area contributed by atoms with E-state index in [1.807, 2.05) is 0 Å². The third kappa shape index (κ3) is 3.31. The Labute approximate surface area is 106 Å². The number of hydrogen-bond donors (Lipinski definition) is 2. The van der Waals surface area contributed by atoms with Crippen LogP contribution in [-0.2, 0) is 0 Å². The van der Waals surface area contributed by atoms with Crippen molar-refractivity contribution in [2.24, 2.45) is 0 Å². The van der Waals surface area contributed by atoms with Gasteiger partial charge >= 0.3 is 0 Å². The van der Waals surface area contributed by atoms with Crippen LogP contribution in [0.15, 0.2) is 12.1 Å². The molecule has 5 heteroatoms. The summed E-state index contributed by atoms with van der Waals surface area (Å²) >= 11 is 6.06. The molecule has 0 bridgehead atoms. The summed E-state index contributed by atoms with van der Waals surface area (Å²) in [5.74, 6) is -0.225. The molecule has 0 aliphatic carbocycles. The first kappa shape index (κ1) is 12.6. The van der Waals surface area contributed by atoms with Crippen molar-refractivity contribution < 1.29 is 4.39 Å². The highest BCUT2D eigenvalue weighted by atomic mass is 35.5. The molecule has 0 amide bonds. The molecule has 3 nitrogen and oxygen atoms in total. The fourth-order valence-electron chi connectivity index (χ4n) is 1.85. The van der Waals surface area contributed by atoms with Crippen LogP contribution in [0.4, 0.5) is 10.1 Å². The van der Waals surface area contributed by atoms with Gasteiger partial charge in [-0.25, -0.2) is 4.39 Å². The van der Waals surface area contributed by atoms with Crippen LogP contribution in [0, 0.1) is 12.7 Å². The van der Waals surface area contributed by atoms with Gasteiger partial charge in [0.1, 0.15) is 5.82 Å². The molecule has 0 saturated carbocycles. The summed E-state index contributed by atoms with van der Waals surface area (Å²) in [5, 5.41) is 7.03. The van der Waals surface area contributed by atoms with Gasteiger partial charge in [0, 0.05) is 26.2 Å². The number of hydrogen-bond acceptors (Lipinski definition) is 3. The summed E-state index contributed by atoms with van der Waals surface area (Å²) in [6.07, 6.45) is 0. The molecule has 17 heavy (non-hydrogen) atoms. The molecule has 1 aromatic rings. The van der Waals surface area contributed by atoms with Crippen molar-refractivity contribution in [3.63, 3.8) is 0 Å². The maximum atomic E-state index is 13.4. The lowest BCUT2D eigenvalue weighted by atomic mass is 10.2. The van der Waals surface area contributed by atoms with Crippen molar-refractivity contribution in [2.75, 3.05) is 38.2 Å². The van der Waals surface area contributed by atoms with E-state index in [9.17, 15) is 4.39 Å². The van der Waals surface area contributed by atoms with Gasteiger partial charge in [-0.3, -0.25) is 4.90 Å². The van der Waals surface area contributed by atoms with Crippen molar-refractivity contribution in [1.82, 2.24) is 10.2 Å². The SMILES string of the molecule is Cc1cc(Cl)c(NCN2CCNCC2)cc1F. The minimum atomic E-state index is -0.225. The lowest BCUT2D eigenvalue weighted by Crippen LogP contribution is -2.45. The first-order valence-electron chi connectivity index (χ1n) is 5.79. The average Bonchev–Trinajstić information content (AvgIpc) is 2.33. The Balaban J connectivity index is 1.96. The Morgan fingerprint density at radius 2 is 2.12 bits per heavy atom. The first-order valence-corrected chi connectivity index (χ1v) is 6.17. The number of piperazine rings is 1. The molecule has 0 aromatic heterocycles. The molecule has 0 radical (unpaired) electrons. The molecular formula is C12H17ClFN3. The second-order valence-electron chi connectivity index (χ2n) is 4.28. The zero-order chi connectivity index (χ0) is 12.3. The number of halogens is 2. The molecular weight excluding hydrogens is 241 g/mol. The molecule has 2 N–H and O–H groups in total. The molecule has 1 saturated heterocycles. The van der Waals surface area contributed by atoms with E-state index >= 15 is 0 Å². The predicted molar refractivity (Wildman–Crippen MR) is 69.1 cm³/mol. The van der Waals surface area contributed by atoms with Crippen LogP contribution in [0.3, 0.4) is 0 Å². The van der Waals surface area contributed by atoms with Crippen molar-refractivity contribution in [3.05, 3.63) is 28.5 Å². The van der Waals surface area contributed by atoms with Crippen LogP contribution < -0.4 is 10.6 Å². The van der Waals surface area contributed by atoms with Crippen LogP contribution in [0.1, 0.15) is 5.56 Å². The van der Waals surface area contributed by atoms with E-state index in [0.717, 1.165) is 26.2 Å². The van der Waals surface area contributed by atoms with Crippen LogP contribution in [0.25, 0.3) is 0 Å². The van der Waals surface area contributed by atoms with Gasteiger partial charge in [-0.05, 0) is 24.6 Å². The van der Waals surface area contributed by atoms with Crippen molar-refractivity contribution >= 4 is 17.3 Å². The van der Waals surface area contributed by atoms with Gasteiger partial charge in [-0.1, -0.05) is 11.6 Å². The van der Waals surface area contributed by atoms with E-state index in [1.165, 1.54) is 6.07 Å². The zero-order valence-electron chi connectivity index (χ0n) is 9.89. The monoisotopic (exact) mass is 257 g/mol. The highest BCUT2D eigenvalue weighted by Gasteiger charge is 2.10. The topological polar surface area (TPSA) is 27.3 Å². The minimum absolute atomic E-state index is 0.225. The lowest BCUT2D eigenvalue weighted by molar-refractivity contribution is 0.256. The van der Waals surface area contributed by atoms with Gasteiger partial charge in [0.05, 0.1) is 17.4 Å². The second kappa shape index (κ2) is 5.67. The highest BCUT2D eigenvalue weighted by molar-refractivity contribution is 6.33. The quantitative estimate of drug-likeness (QED) is 0.868. The van der Waals surface area contributed by atoms with E-state index in [4.69, 9.17) is 11.6 Å². The smallest absolute Gasteiger partial charge is 0.128 e. The highest BCUT2D eigenvalue weighted by Crippen LogP contribution is 2.25. The van der Waals surface area contributed by atoms with Crippen LogP contribution in [-0.4, -0.2) is 37.7 Å². The molecule has 0 atom stereocenters. The molecule has 1 fully saturated rings. The summed E-state index contributed by atoms with van der Waals surface area (Å²) in [4.78, 5) is 2.27. The van der Waals surface area contributed by atoms with E-state index in [-0.39, 0.29) is 5.82 Å². The summed E-state index contributed by atoms with van der Waals surface area (Å²) in [6.45, 7) is 6.40. The molecule has 0 unspecified atom stereocenters. The molecule has 1 aliphatic rings. The van der Waals surface area contributed by atoms with Crippen LogP contribution >= 0.6 is 11.6 Å². The third-order valence-corrected chi connectivity index (χ3v) is 3.26. The minimum Gasteiger partial charge on any atom is -0.371 e. The lowest BCUT2D eigenvalue weighted by Gasteiger charge is -2.27. The summed E-state index contributed by atoms with van der Waals surface area (Å²) in [6, 6.07) is 3.11. The van der Waals surface area contributed by atoms with E-state index in [1.54, 1.807) is 13.0 Å². The van der Waals surface area contributed by atoms with Crippen molar-refractivity contribution in [3.8, 4) is 0 Å². The summed E-state index contributed by atoms with van der Waals surface area (Å²) in [5.41, 5.74) is 1.23. The molecule has 94 valence electrons. The third-order valence-electron chi connectivity index (χ3n) is 2.95. The van der Waals surface area contributed by atoms with Crippen LogP contribution in [0.5, 0.6) is 0 Å². The molecule has 1 aliphatic heterocycles. The van der Waals surface area contributed by atoms with Crippen LogP contribution in [0.2, 0.25) is 5.02 Å². The van der Waals surface area contributed by atoms with Crippen molar-refractivity contribution in [1.29, 1.82) is 0 Å². The molecule has 2 rings (SSSR count). The maximum Gasteiger partial charge on any atom is 0.128 e. The van der Waals surface area contributed by atoms with E-state index in [2.05, 4.69) is 15.5 Å². The Bertz CT molecular complexity index is 392. The Hall–Kier alpha value is -0.840. The zero-order valence-corrected chi connectivity index (χ0v) is 10.6. The van der Waals surface area contributed by atoms with Gasteiger partial charge in [-0.2, -0.15) is 0 Å². The number of nitrogens with zero attached hydrogens (tertiary/aromatic N) is 1. The maximum absolute atomic E-state index is 13.4. The largest absolute Gasteiger partial charge is 0.371 e. The summed E-state index contributed by atoms with van der Waals surface area (Å²) < 4.78 is 13.4. The number of rotatable bonds is 3. The molecule has 1 aromatic carbocycles. The Kier molecular flexibility index (Phi) is 4.20. The number of benzene rings is 1. The number of anilines is 1. The van der Waals surface area contributed by atoms with Gasteiger partial charge in [-0.15, -0.1) is 0 Å². The summed E-state index contributed by atoms with van der Waals surface area (Å²) in [7, 11) is 0. The average molecular weight is 258 g/mol. The normalized spacial score (nSPS) is 17.1. The number of nitrogens with one attached hydrogen (secondary N) is 2. The van der Waals surface area contributed by atoms with Gasteiger partial charge in [0.15, 0.2) is 0 Å². The Morgan fingerprint density at radius 1 is 1.41 bits per heavy atom. The molecule has 0 spiro atoms. The van der Waals surface area contributed by atoms with Gasteiger partial charge in [0.25, 0.3) is 0 Å². The van der Waals surface area contributed by atoms with Gasteiger partial charge in [0.2, 0.25) is 0 Å². The number of aryl methyl sites for hydroxylation is 1. The van der Waals surface area contributed by atoms with Gasteiger partial charge < -0.3 is 10.6 Å². The standard InChI is InChI=1S/C12H17ClFN3/c1-9-6-10(13)12(7-11(9)14)16-8-17-4-2-15-3-5-17/h6-7,15-16H,2-5,8H2,1H3. The fourth-order valence-corrected chi connectivity index (χ4v) is 2.13. The predicted octanol–water partition coefficient (Wildman–Crippen LogP) is 2.06. The van der Waals surface area contributed by atoms with E-state index in [0.29, 0.717) is 22.9 Å². The second-order valence-corrected chi connectivity index (χ2v) is 4.69. The Morgan fingerprint density at radius 3 is 2.82 bits per heavy atom. The first-order chi connectivity index (χ1) is 8.16. The fraction of sp³-hybridized carbons (Fsp3) is 0.500.